The normalized spacial score (nSPS) is 16.3. The third kappa shape index (κ3) is 4.01. The first-order valence-corrected chi connectivity index (χ1v) is 10.2. The number of hydrogen-bond acceptors (Lipinski definition) is 4. The van der Waals surface area contributed by atoms with Gasteiger partial charge >= 0.3 is 0 Å². The minimum absolute atomic E-state index is 0.0519. The van der Waals surface area contributed by atoms with Crippen LogP contribution in [0.5, 0.6) is 5.75 Å². The molecule has 30 heavy (non-hydrogen) atoms. The van der Waals surface area contributed by atoms with Gasteiger partial charge in [0, 0.05) is 26.1 Å². The summed E-state index contributed by atoms with van der Waals surface area (Å²) in [5, 5.41) is 2.98. The van der Waals surface area contributed by atoms with Crippen LogP contribution in [0.15, 0.2) is 48.8 Å². The second kappa shape index (κ2) is 8.57. The van der Waals surface area contributed by atoms with Gasteiger partial charge in [-0.1, -0.05) is 18.2 Å². The summed E-state index contributed by atoms with van der Waals surface area (Å²) in [6.45, 7) is 3.68. The van der Waals surface area contributed by atoms with Crippen LogP contribution in [-0.2, 0) is 16.1 Å². The number of nitrogens with one attached hydrogen (secondary N) is 1. The molecule has 1 atom stereocenters. The lowest BCUT2D eigenvalue weighted by Gasteiger charge is -2.20. The van der Waals surface area contributed by atoms with E-state index in [1.54, 1.807) is 12.0 Å². The molecule has 1 aliphatic heterocycles. The zero-order chi connectivity index (χ0) is 21.1. The molecule has 2 heterocycles. The van der Waals surface area contributed by atoms with Gasteiger partial charge in [0.2, 0.25) is 11.8 Å². The molecule has 1 unspecified atom stereocenters. The van der Waals surface area contributed by atoms with Crippen molar-refractivity contribution < 1.29 is 14.3 Å². The number of carbonyl (C=O) groups is 2. The Morgan fingerprint density at radius 1 is 1.27 bits per heavy atom. The van der Waals surface area contributed by atoms with Crippen LogP contribution in [-0.4, -0.2) is 41.6 Å². The van der Waals surface area contributed by atoms with Crippen molar-refractivity contribution in [2.75, 3.05) is 25.1 Å². The van der Waals surface area contributed by atoms with Gasteiger partial charge in [-0.2, -0.15) is 0 Å². The Kier molecular flexibility index (Phi) is 5.70. The second-order valence-electron chi connectivity index (χ2n) is 7.65. The van der Waals surface area contributed by atoms with Gasteiger partial charge in [0.15, 0.2) is 0 Å². The lowest BCUT2D eigenvalue weighted by molar-refractivity contribution is -0.126. The fourth-order valence-electron chi connectivity index (χ4n) is 3.92. The molecule has 1 aromatic heterocycles. The molecule has 4 rings (SSSR count). The smallest absolute Gasteiger partial charge is 0.227 e. The minimum Gasteiger partial charge on any atom is -0.495 e. The largest absolute Gasteiger partial charge is 0.495 e. The molecular weight excluding hydrogens is 380 g/mol. The fourth-order valence-corrected chi connectivity index (χ4v) is 3.92. The zero-order valence-corrected chi connectivity index (χ0v) is 17.3. The molecule has 1 N–H and O–H groups in total. The van der Waals surface area contributed by atoms with Crippen molar-refractivity contribution in [1.82, 2.24) is 14.9 Å². The van der Waals surface area contributed by atoms with E-state index < -0.39 is 0 Å². The van der Waals surface area contributed by atoms with E-state index >= 15 is 0 Å². The molecule has 7 heteroatoms. The number of ether oxygens (including phenoxy) is 1. The third-order valence-corrected chi connectivity index (χ3v) is 5.52. The molecule has 1 fully saturated rings. The lowest BCUT2D eigenvalue weighted by Crippen LogP contribution is -2.34. The van der Waals surface area contributed by atoms with Gasteiger partial charge in [-0.15, -0.1) is 0 Å². The molecule has 0 spiro atoms. The Morgan fingerprint density at radius 3 is 2.93 bits per heavy atom. The van der Waals surface area contributed by atoms with E-state index in [0.29, 0.717) is 18.8 Å². The Hall–Kier alpha value is -3.35. The fraction of sp³-hybridized carbons (Fsp3) is 0.348. The van der Waals surface area contributed by atoms with Crippen molar-refractivity contribution >= 4 is 28.5 Å². The van der Waals surface area contributed by atoms with E-state index in [2.05, 4.69) is 14.9 Å². The summed E-state index contributed by atoms with van der Waals surface area (Å²) in [5.74, 6) is 0.163. The number of methoxy groups -OCH3 is 1. The van der Waals surface area contributed by atoms with Gasteiger partial charge in [-0.05, 0) is 43.2 Å². The van der Waals surface area contributed by atoms with Crippen molar-refractivity contribution in [3.8, 4) is 5.75 Å². The predicted molar refractivity (Wildman–Crippen MR) is 116 cm³/mol. The van der Waals surface area contributed by atoms with Crippen molar-refractivity contribution in [3.63, 3.8) is 0 Å². The van der Waals surface area contributed by atoms with Crippen molar-refractivity contribution in [2.24, 2.45) is 5.92 Å². The zero-order valence-electron chi connectivity index (χ0n) is 17.3. The number of imidazole rings is 1. The van der Waals surface area contributed by atoms with Gasteiger partial charge in [0.05, 0.1) is 36.1 Å². The highest BCUT2D eigenvalue weighted by atomic mass is 16.5. The molecule has 0 aliphatic carbocycles. The molecule has 0 saturated carbocycles. The monoisotopic (exact) mass is 406 g/mol. The summed E-state index contributed by atoms with van der Waals surface area (Å²) in [7, 11) is 1.59. The molecule has 2 aromatic carbocycles. The second-order valence-corrected chi connectivity index (χ2v) is 7.65. The Labute approximate surface area is 175 Å². The molecule has 0 bridgehead atoms. The maximum absolute atomic E-state index is 12.6. The first kappa shape index (κ1) is 19.9. The third-order valence-electron chi connectivity index (χ3n) is 5.52. The van der Waals surface area contributed by atoms with Crippen molar-refractivity contribution in [1.29, 1.82) is 0 Å². The van der Waals surface area contributed by atoms with Crippen LogP contribution < -0.4 is 15.0 Å². The average molecular weight is 406 g/mol. The Morgan fingerprint density at radius 2 is 2.10 bits per heavy atom. The summed E-state index contributed by atoms with van der Waals surface area (Å²) in [6.07, 6.45) is 2.84. The highest BCUT2D eigenvalue weighted by Crippen LogP contribution is 2.33. The number of aryl methyl sites for hydroxylation is 2. The topological polar surface area (TPSA) is 76.5 Å². The first-order valence-electron chi connectivity index (χ1n) is 10.2. The molecule has 2 amide bonds. The molecule has 1 aliphatic rings. The van der Waals surface area contributed by atoms with E-state index in [4.69, 9.17) is 4.74 Å². The number of anilines is 1. The molecular formula is C23H26N4O3. The number of rotatable bonds is 7. The number of fused-ring (bicyclic) bond motifs is 1. The lowest BCUT2D eigenvalue weighted by atomic mass is 10.1. The number of carbonyl (C=O) groups excluding carboxylic acids is 2. The van der Waals surface area contributed by atoms with Crippen LogP contribution in [0.1, 0.15) is 18.4 Å². The maximum atomic E-state index is 12.6. The summed E-state index contributed by atoms with van der Waals surface area (Å²) in [6, 6.07) is 13.7. The number of para-hydroxylation sites is 2. The van der Waals surface area contributed by atoms with Crippen LogP contribution in [0.3, 0.4) is 0 Å². The van der Waals surface area contributed by atoms with E-state index in [1.165, 1.54) is 0 Å². The van der Waals surface area contributed by atoms with Gasteiger partial charge in [-0.3, -0.25) is 9.59 Å². The predicted octanol–water partition coefficient (Wildman–Crippen LogP) is 2.91. The molecule has 7 nitrogen and oxygen atoms in total. The van der Waals surface area contributed by atoms with Gasteiger partial charge < -0.3 is 19.5 Å². The summed E-state index contributed by atoms with van der Waals surface area (Å²) in [5.41, 5.74) is 3.83. The van der Waals surface area contributed by atoms with E-state index in [9.17, 15) is 9.59 Å². The highest BCUT2D eigenvalue weighted by molar-refractivity contribution is 6.01. The standard InChI is InChI=1S/C23H26N4O3/c1-16-8-9-21(30-2)20(12-16)27-14-17(13-22(27)28)23(29)24-10-5-11-26-15-25-18-6-3-4-7-19(18)26/h3-4,6-9,12,15,17H,5,10-11,13-14H2,1-2H3,(H,24,29). The van der Waals surface area contributed by atoms with E-state index in [0.717, 1.165) is 35.2 Å². The number of aromatic nitrogens is 2. The minimum atomic E-state index is -0.350. The van der Waals surface area contributed by atoms with Crippen LogP contribution >= 0.6 is 0 Å². The van der Waals surface area contributed by atoms with E-state index in [-0.39, 0.29) is 24.2 Å². The van der Waals surface area contributed by atoms with Crippen LogP contribution in [0.4, 0.5) is 5.69 Å². The molecule has 0 radical (unpaired) electrons. The van der Waals surface area contributed by atoms with Crippen molar-refractivity contribution in [3.05, 3.63) is 54.4 Å². The van der Waals surface area contributed by atoms with Crippen LogP contribution in [0, 0.1) is 12.8 Å². The number of hydrogen-bond donors (Lipinski definition) is 1. The molecule has 3 aromatic rings. The molecule has 1 saturated heterocycles. The number of nitrogens with zero attached hydrogens (tertiary/aromatic N) is 3. The molecule has 156 valence electrons. The number of amides is 2. The SMILES string of the molecule is COc1ccc(C)cc1N1CC(C(=O)NCCCn2cnc3ccccc32)CC1=O. The van der Waals surface area contributed by atoms with E-state index in [1.807, 2.05) is 55.7 Å². The van der Waals surface area contributed by atoms with Crippen LogP contribution in [0.25, 0.3) is 11.0 Å². The van der Waals surface area contributed by atoms with Crippen molar-refractivity contribution in [2.45, 2.75) is 26.3 Å². The summed E-state index contributed by atoms with van der Waals surface area (Å²) in [4.78, 5) is 31.2. The van der Waals surface area contributed by atoms with Crippen LogP contribution in [0.2, 0.25) is 0 Å². The van der Waals surface area contributed by atoms with Gasteiger partial charge in [0.1, 0.15) is 5.75 Å². The summed E-state index contributed by atoms with van der Waals surface area (Å²) < 4.78 is 7.49. The average Bonchev–Trinajstić information content (AvgIpc) is 3.34. The van der Waals surface area contributed by atoms with Gasteiger partial charge in [0.25, 0.3) is 0 Å². The number of benzene rings is 2. The first-order chi connectivity index (χ1) is 14.6. The maximum Gasteiger partial charge on any atom is 0.227 e. The quantitative estimate of drug-likeness (QED) is 0.612. The summed E-state index contributed by atoms with van der Waals surface area (Å²) >= 11 is 0. The van der Waals surface area contributed by atoms with Gasteiger partial charge in [-0.25, -0.2) is 4.98 Å². The highest BCUT2D eigenvalue weighted by Gasteiger charge is 2.36. The Bertz CT molecular complexity index is 1080. The Balaban J connectivity index is 1.31.